The van der Waals surface area contributed by atoms with Crippen LogP contribution < -0.4 is 15.1 Å². The molecule has 3 aromatic heterocycles. The second kappa shape index (κ2) is 8.51. The summed E-state index contributed by atoms with van der Waals surface area (Å²) in [5.41, 5.74) is 3.27. The average molecular weight is 525 g/mol. The molecule has 0 spiro atoms. The molecule has 1 atom stereocenters. The first kappa shape index (κ1) is 22.5. The van der Waals surface area contributed by atoms with Crippen molar-refractivity contribution >= 4 is 27.4 Å². The molecule has 8 nitrogen and oxygen atoms in total. The summed E-state index contributed by atoms with van der Waals surface area (Å²) >= 11 is 0. The van der Waals surface area contributed by atoms with E-state index < -0.39 is 11.5 Å². The predicted molar refractivity (Wildman–Crippen MR) is 150 cm³/mol. The Labute approximate surface area is 227 Å². The fourth-order valence-corrected chi connectivity index (χ4v) is 5.51. The molecule has 4 aromatic carbocycles. The molecule has 4 heterocycles. The van der Waals surface area contributed by atoms with Gasteiger partial charge >= 0.3 is 5.63 Å². The van der Waals surface area contributed by atoms with E-state index in [-0.39, 0.29) is 0 Å². The van der Waals surface area contributed by atoms with Gasteiger partial charge < -0.3 is 13.9 Å². The lowest BCUT2D eigenvalue weighted by Crippen LogP contribution is -2.22. The number of benzene rings is 4. The molecule has 0 radical (unpaired) electrons. The molecular formula is C32H20N4O4. The smallest absolute Gasteiger partial charge is 0.344 e. The van der Waals surface area contributed by atoms with Gasteiger partial charge in [-0.05, 0) is 46.7 Å². The van der Waals surface area contributed by atoms with Crippen molar-refractivity contribution in [3.63, 3.8) is 0 Å². The van der Waals surface area contributed by atoms with Gasteiger partial charge in [0.15, 0.2) is 17.2 Å². The summed E-state index contributed by atoms with van der Waals surface area (Å²) in [6.07, 6.45) is 1.59. The fourth-order valence-electron chi connectivity index (χ4n) is 5.51. The van der Waals surface area contributed by atoms with E-state index in [1.165, 1.54) is 0 Å². The maximum absolute atomic E-state index is 13.5. The van der Waals surface area contributed by atoms with Crippen molar-refractivity contribution in [2.45, 2.75) is 5.92 Å². The molecule has 0 N–H and O–H groups in total. The normalized spacial score (nSPS) is 14.2. The Morgan fingerprint density at radius 1 is 0.875 bits per heavy atom. The summed E-state index contributed by atoms with van der Waals surface area (Å²) in [6.45, 7) is 0. The number of hydrogen-bond donors (Lipinski definition) is 0. The number of methoxy groups -OCH3 is 1. The van der Waals surface area contributed by atoms with Crippen molar-refractivity contribution in [2.75, 3.05) is 7.11 Å². The molecule has 40 heavy (non-hydrogen) atoms. The minimum atomic E-state index is -0.560. The largest absolute Gasteiger partial charge is 0.497 e. The number of aromatic nitrogens is 4. The summed E-state index contributed by atoms with van der Waals surface area (Å²) in [5, 5.41) is 7.67. The van der Waals surface area contributed by atoms with Gasteiger partial charge in [0.05, 0.1) is 29.5 Å². The molecule has 1 unspecified atom stereocenters. The second-order valence-electron chi connectivity index (χ2n) is 9.67. The molecule has 192 valence electrons. The van der Waals surface area contributed by atoms with Crippen LogP contribution in [0.1, 0.15) is 22.6 Å². The zero-order valence-corrected chi connectivity index (χ0v) is 21.2. The fraction of sp³-hybridized carbons (Fsp3) is 0.0625. The van der Waals surface area contributed by atoms with E-state index >= 15 is 0 Å². The predicted octanol–water partition coefficient (Wildman–Crippen LogP) is 6.35. The summed E-state index contributed by atoms with van der Waals surface area (Å²) in [6, 6.07) is 29.2. The molecule has 1 aliphatic rings. The number of ether oxygens (including phenoxy) is 2. The topological polar surface area (TPSA) is 91.8 Å². The van der Waals surface area contributed by atoms with Crippen LogP contribution in [-0.2, 0) is 0 Å². The summed E-state index contributed by atoms with van der Waals surface area (Å²) < 4.78 is 19.2. The Balaban J connectivity index is 1.39. The van der Waals surface area contributed by atoms with Crippen molar-refractivity contribution in [3.8, 4) is 28.8 Å². The maximum Gasteiger partial charge on any atom is 0.344 e. The minimum absolute atomic E-state index is 0.369. The van der Waals surface area contributed by atoms with Gasteiger partial charge in [0.2, 0.25) is 5.88 Å². The second-order valence-corrected chi connectivity index (χ2v) is 9.67. The van der Waals surface area contributed by atoms with Crippen LogP contribution in [0.15, 0.2) is 107 Å². The quantitative estimate of drug-likeness (QED) is 0.249. The van der Waals surface area contributed by atoms with Gasteiger partial charge in [0.25, 0.3) is 0 Å². The Hall–Kier alpha value is -5.50. The van der Waals surface area contributed by atoms with Gasteiger partial charge in [-0.3, -0.25) is 0 Å². The zero-order valence-electron chi connectivity index (χ0n) is 21.2. The van der Waals surface area contributed by atoms with Crippen molar-refractivity contribution in [1.82, 2.24) is 19.6 Å². The van der Waals surface area contributed by atoms with Gasteiger partial charge in [-0.2, -0.15) is 0 Å². The first-order valence-electron chi connectivity index (χ1n) is 12.8. The third-order valence-corrected chi connectivity index (χ3v) is 7.42. The maximum atomic E-state index is 13.5. The molecule has 0 amide bonds. The Morgan fingerprint density at radius 2 is 1.68 bits per heavy atom. The summed E-state index contributed by atoms with van der Waals surface area (Å²) in [7, 11) is 1.62. The summed E-state index contributed by atoms with van der Waals surface area (Å²) in [4.78, 5) is 23.1. The zero-order chi connectivity index (χ0) is 26.8. The first-order chi connectivity index (χ1) is 19.7. The Kier molecular flexibility index (Phi) is 4.78. The van der Waals surface area contributed by atoms with Crippen LogP contribution in [0.25, 0.3) is 38.8 Å². The Morgan fingerprint density at radius 3 is 2.52 bits per heavy atom. The van der Waals surface area contributed by atoms with Crippen molar-refractivity contribution < 1.29 is 13.9 Å². The number of rotatable bonds is 3. The molecule has 7 aromatic rings. The molecule has 1 aliphatic heterocycles. The van der Waals surface area contributed by atoms with Crippen molar-refractivity contribution in [2.24, 2.45) is 0 Å². The Bertz CT molecular complexity index is 2170. The molecule has 0 fully saturated rings. The van der Waals surface area contributed by atoms with Crippen molar-refractivity contribution in [3.05, 3.63) is 124 Å². The van der Waals surface area contributed by atoms with E-state index in [2.05, 4.69) is 29.2 Å². The lowest BCUT2D eigenvalue weighted by atomic mass is 9.84. The summed E-state index contributed by atoms with van der Waals surface area (Å²) in [5.74, 6) is 1.50. The van der Waals surface area contributed by atoms with Gasteiger partial charge in [0.1, 0.15) is 17.7 Å². The van der Waals surface area contributed by atoms with E-state index in [1.54, 1.807) is 24.0 Å². The number of hydrogen-bond acceptors (Lipinski definition) is 7. The number of nitrogens with zero attached hydrogens (tertiary/aromatic N) is 4. The highest BCUT2D eigenvalue weighted by Gasteiger charge is 2.37. The average Bonchev–Trinajstić information content (AvgIpc) is 3.45. The molecule has 0 saturated heterocycles. The van der Waals surface area contributed by atoms with Gasteiger partial charge in [0, 0.05) is 5.56 Å². The molecule has 0 saturated carbocycles. The molecular weight excluding hydrogens is 504 g/mol. The monoisotopic (exact) mass is 524 g/mol. The highest BCUT2D eigenvalue weighted by molar-refractivity contribution is 5.88. The van der Waals surface area contributed by atoms with Gasteiger partial charge in [-0.25, -0.2) is 19.3 Å². The molecule has 8 rings (SSSR count). The minimum Gasteiger partial charge on any atom is -0.497 e. The molecule has 0 aliphatic carbocycles. The first-order valence-corrected chi connectivity index (χ1v) is 12.8. The molecule has 8 heteroatoms. The third-order valence-electron chi connectivity index (χ3n) is 7.42. The van der Waals surface area contributed by atoms with Crippen LogP contribution in [0.5, 0.6) is 17.4 Å². The number of fused-ring (bicyclic) bond motifs is 7. The van der Waals surface area contributed by atoms with Crippen LogP contribution in [0.3, 0.4) is 0 Å². The van der Waals surface area contributed by atoms with E-state index in [1.807, 2.05) is 60.7 Å². The third kappa shape index (κ3) is 3.32. The van der Waals surface area contributed by atoms with E-state index in [4.69, 9.17) is 24.0 Å². The lowest BCUT2D eigenvalue weighted by Gasteiger charge is -2.27. The highest BCUT2D eigenvalue weighted by Crippen LogP contribution is 2.49. The standard InChI is InChI=1S/C32H20N4O4/c1-38-22-14-12-19(13-15-22)25-26-28(23-8-4-5-9-24(23)39-32(26)37)40-31-27(25)30-34-29(35-36(30)17-33-31)21-11-10-18-6-2-3-7-20(18)16-21/h2-17,25H,1H3. The van der Waals surface area contributed by atoms with Crippen LogP contribution >= 0.6 is 0 Å². The lowest BCUT2D eigenvalue weighted by molar-refractivity contribution is 0.414. The van der Waals surface area contributed by atoms with Crippen LogP contribution in [0.4, 0.5) is 0 Å². The van der Waals surface area contributed by atoms with Gasteiger partial charge in [-0.1, -0.05) is 60.7 Å². The van der Waals surface area contributed by atoms with E-state index in [0.29, 0.717) is 50.9 Å². The van der Waals surface area contributed by atoms with Gasteiger partial charge in [-0.15, -0.1) is 5.10 Å². The van der Waals surface area contributed by atoms with Crippen molar-refractivity contribution in [1.29, 1.82) is 0 Å². The number of para-hydroxylation sites is 1. The molecule has 0 bridgehead atoms. The van der Waals surface area contributed by atoms with Crippen LogP contribution in [-0.4, -0.2) is 26.7 Å². The SMILES string of the molecule is COc1ccc(C2c3c(c4ccccc4oc3=O)Oc3ncn4nc(-c5ccc6ccccc6c5)nc4c32)cc1. The highest BCUT2D eigenvalue weighted by atomic mass is 16.5. The van der Waals surface area contributed by atoms with Crippen LogP contribution in [0, 0.1) is 0 Å². The van der Waals surface area contributed by atoms with E-state index in [9.17, 15) is 4.79 Å². The van der Waals surface area contributed by atoms with Crippen LogP contribution in [0.2, 0.25) is 0 Å². The van der Waals surface area contributed by atoms with E-state index in [0.717, 1.165) is 21.9 Å².